The molecule has 0 amide bonds. The van der Waals surface area contributed by atoms with Crippen LogP contribution in [0.3, 0.4) is 0 Å². The Labute approximate surface area is 144 Å². The van der Waals surface area contributed by atoms with Crippen LogP contribution in [-0.2, 0) is 10.1 Å². The molecule has 0 aromatic heterocycles. The van der Waals surface area contributed by atoms with Gasteiger partial charge in [0.1, 0.15) is 0 Å². The molecule has 140 valence electrons. The van der Waals surface area contributed by atoms with Gasteiger partial charge in [0.2, 0.25) is 0 Å². The maximum atomic E-state index is 9.08. The molecule has 0 bridgehead atoms. The van der Waals surface area contributed by atoms with Gasteiger partial charge in [-0.3, -0.25) is 0 Å². The number of hydrogen-bond donors (Lipinski definition) is 1. The second-order valence-electron chi connectivity index (χ2n) is 7.08. The van der Waals surface area contributed by atoms with Gasteiger partial charge in [-0.1, -0.05) is 58.8 Å². The van der Waals surface area contributed by atoms with Gasteiger partial charge < -0.3 is 9.45 Å². The topological polar surface area (TPSA) is 61.6 Å². The van der Waals surface area contributed by atoms with Crippen LogP contribution in [0.25, 0.3) is 0 Å². The molecule has 1 N–H and O–H groups in total. The number of quaternary nitrogens is 1. The number of likely N-dealkylation sites (tertiary alicyclic amines) is 1. The molecule has 1 fully saturated rings. The number of rotatable bonds is 11. The number of hydrogen-bond acceptors (Lipinski definition) is 3. The van der Waals surface area contributed by atoms with Gasteiger partial charge in [-0.2, -0.15) is 0 Å². The number of unbranched alkanes of at least 4 members (excludes halogenated alkanes) is 7. The molecular formula is C18H39NO3S. The largest absolute Gasteiger partial charge is 0.748 e. The predicted octanol–water partition coefficient (Wildman–Crippen LogP) is 2.99. The Hall–Kier alpha value is -0.130. The lowest BCUT2D eigenvalue weighted by atomic mass is 10.0. The van der Waals surface area contributed by atoms with E-state index in [1.54, 1.807) is 0 Å². The lowest BCUT2D eigenvalue weighted by Crippen LogP contribution is -3.10. The van der Waals surface area contributed by atoms with E-state index in [-0.39, 0.29) is 0 Å². The predicted molar refractivity (Wildman–Crippen MR) is 96.8 cm³/mol. The Kier molecular flexibility index (Phi) is 14.2. The molecule has 2 atom stereocenters. The standard InChI is InChI=1S/C17H35N.CH4O3S/c1-3-5-6-7-8-9-10-11-14-18-15-13-17(16-18)12-4-2;1-5(2,3)4/h17H,3-16H2,1-2H3;1H3,(H,2,3,4). The summed E-state index contributed by atoms with van der Waals surface area (Å²) >= 11 is 0. The molecular weight excluding hydrogens is 310 g/mol. The highest BCUT2D eigenvalue weighted by atomic mass is 32.2. The van der Waals surface area contributed by atoms with Crippen molar-refractivity contribution in [3.05, 3.63) is 0 Å². The normalized spacial score (nSPS) is 21.0. The zero-order valence-corrected chi connectivity index (χ0v) is 16.4. The molecule has 0 aromatic carbocycles. The van der Waals surface area contributed by atoms with Gasteiger partial charge >= 0.3 is 0 Å². The second-order valence-corrected chi connectivity index (χ2v) is 8.48. The summed E-state index contributed by atoms with van der Waals surface area (Å²) in [5, 5.41) is 0. The van der Waals surface area contributed by atoms with E-state index >= 15 is 0 Å². The monoisotopic (exact) mass is 349 g/mol. The molecule has 5 heteroatoms. The van der Waals surface area contributed by atoms with Crippen molar-refractivity contribution >= 4 is 10.1 Å². The molecule has 1 saturated heterocycles. The first-order chi connectivity index (χ1) is 10.9. The molecule has 4 nitrogen and oxygen atoms in total. The fourth-order valence-electron chi connectivity index (χ4n) is 3.41. The summed E-state index contributed by atoms with van der Waals surface area (Å²) in [4.78, 5) is 1.90. The third-order valence-electron chi connectivity index (χ3n) is 4.56. The van der Waals surface area contributed by atoms with E-state index < -0.39 is 10.1 Å². The van der Waals surface area contributed by atoms with Gasteiger partial charge in [-0.25, -0.2) is 8.42 Å². The highest BCUT2D eigenvalue weighted by Crippen LogP contribution is 2.11. The molecule has 1 rings (SSSR count). The smallest absolute Gasteiger partial charge is 0.0916 e. The average Bonchev–Trinajstić information content (AvgIpc) is 2.88. The minimum atomic E-state index is -3.92. The first kappa shape index (κ1) is 22.9. The summed E-state index contributed by atoms with van der Waals surface area (Å²) in [6.07, 6.45) is 16.6. The van der Waals surface area contributed by atoms with Crippen molar-refractivity contribution in [2.75, 3.05) is 25.9 Å². The summed E-state index contributed by atoms with van der Waals surface area (Å²) in [6.45, 7) is 9.02. The Balaban J connectivity index is 0.000000841. The van der Waals surface area contributed by atoms with Crippen LogP contribution >= 0.6 is 0 Å². The van der Waals surface area contributed by atoms with E-state index in [1.807, 2.05) is 4.90 Å². The van der Waals surface area contributed by atoms with E-state index in [0.717, 1.165) is 5.92 Å². The zero-order valence-electron chi connectivity index (χ0n) is 15.6. The van der Waals surface area contributed by atoms with Gasteiger partial charge in [0.25, 0.3) is 0 Å². The van der Waals surface area contributed by atoms with Crippen molar-refractivity contribution < 1.29 is 17.9 Å². The molecule has 2 unspecified atom stereocenters. The SMILES string of the molecule is CCCCCCCCCC[NH+]1CCC(CCC)C1.CS(=O)(=O)[O-]. The van der Waals surface area contributed by atoms with E-state index in [1.165, 1.54) is 90.3 Å². The summed E-state index contributed by atoms with van der Waals surface area (Å²) in [6, 6.07) is 0. The Bertz CT molecular complexity index is 349. The first-order valence-electron chi connectivity index (χ1n) is 9.61. The summed E-state index contributed by atoms with van der Waals surface area (Å²) in [5.41, 5.74) is 0. The molecule has 0 spiro atoms. The second kappa shape index (κ2) is 14.2. The van der Waals surface area contributed by atoms with Crippen LogP contribution in [0.1, 0.15) is 84.5 Å². The van der Waals surface area contributed by atoms with E-state index in [4.69, 9.17) is 13.0 Å². The van der Waals surface area contributed by atoms with Crippen molar-refractivity contribution in [2.24, 2.45) is 5.92 Å². The molecule has 1 aliphatic heterocycles. The van der Waals surface area contributed by atoms with E-state index in [0.29, 0.717) is 6.26 Å². The Morgan fingerprint density at radius 3 is 2.00 bits per heavy atom. The number of nitrogens with one attached hydrogen (secondary N) is 1. The zero-order chi connectivity index (χ0) is 17.6. The van der Waals surface area contributed by atoms with Crippen LogP contribution in [-0.4, -0.2) is 38.9 Å². The Morgan fingerprint density at radius 2 is 1.48 bits per heavy atom. The Morgan fingerprint density at radius 1 is 0.957 bits per heavy atom. The van der Waals surface area contributed by atoms with Crippen LogP contribution in [0, 0.1) is 5.92 Å². The molecule has 0 radical (unpaired) electrons. The fraction of sp³-hybridized carbons (Fsp3) is 1.00. The maximum absolute atomic E-state index is 9.08. The highest BCUT2D eigenvalue weighted by molar-refractivity contribution is 7.84. The van der Waals surface area contributed by atoms with Gasteiger partial charge in [-0.05, 0) is 19.3 Å². The third-order valence-corrected chi connectivity index (χ3v) is 4.56. The molecule has 23 heavy (non-hydrogen) atoms. The third kappa shape index (κ3) is 18.1. The van der Waals surface area contributed by atoms with Gasteiger partial charge in [-0.15, -0.1) is 0 Å². The van der Waals surface area contributed by atoms with E-state index in [2.05, 4.69) is 13.8 Å². The fourth-order valence-corrected chi connectivity index (χ4v) is 3.41. The van der Waals surface area contributed by atoms with Crippen LogP contribution in [0.5, 0.6) is 0 Å². The molecule has 1 heterocycles. The van der Waals surface area contributed by atoms with E-state index in [9.17, 15) is 0 Å². The molecule has 0 saturated carbocycles. The molecule has 1 aliphatic rings. The van der Waals surface area contributed by atoms with Crippen LogP contribution in [0.2, 0.25) is 0 Å². The minimum Gasteiger partial charge on any atom is -0.748 e. The lowest BCUT2D eigenvalue weighted by Gasteiger charge is -2.13. The van der Waals surface area contributed by atoms with Gasteiger partial charge in [0.15, 0.2) is 0 Å². The van der Waals surface area contributed by atoms with Crippen LogP contribution in [0.4, 0.5) is 0 Å². The quantitative estimate of drug-likeness (QED) is 0.461. The van der Waals surface area contributed by atoms with Gasteiger partial charge in [0.05, 0.1) is 29.8 Å². The highest BCUT2D eigenvalue weighted by Gasteiger charge is 2.24. The van der Waals surface area contributed by atoms with Crippen molar-refractivity contribution in [1.29, 1.82) is 0 Å². The average molecular weight is 350 g/mol. The van der Waals surface area contributed by atoms with Gasteiger partial charge in [0, 0.05) is 18.6 Å². The van der Waals surface area contributed by atoms with Crippen molar-refractivity contribution in [1.82, 2.24) is 0 Å². The maximum Gasteiger partial charge on any atom is 0.0916 e. The summed E-state index contributed by atoms with van der Waals surface area (Å²) in [5.74, 6) is 1.05. The molecule has 0 aromatic rings. The molecule has 0 aliphatic carbocycles. The first-order valence-corrected chi connectivity index (χ1v) is 11.4. The lowest BCUT2D eigenvalue weighted by molar-refractivity contribution is -0.889. The minimum absolute atomic E-state index is 0.604. The summed E-state index contributed by atoms with van der Waals surface area (Å²) < 4.78 is 27.2. The summed E-state index contributed by atoms with van der Waals surface area (Å²) in [7, 11) is -3.92. The van der Waals surface area contributed by atoms with Crippen LogP contribution < -0.4 is 4.90 Å². The van der Waals surface area contributed by atoms with Crippen LogP contribution in [0.15, 0.2) is 0 Å². The van der Waals surface area contributed by atoms with Crippen molar-refractivity contribution in [3.63, 3.8) is 0 Å². The van der Waals surface area contributed by atoms with Crippen molar-refractivity contribution in [2.45, 2.75) is 84.5 Å². The van der Waals surface area contributed by atoms with Crippen molar-refractivity contribution in [3.8, 4) is 0 Å².